The van der Waals surface area contributed by atoms with E-state index in [0.29, 0.717) is 45.9 Å². The Balaban J connectivity index is 1.47. The Morgan fingerprint density at radius 3 is 2.36 bits per heavy atom. The molecule has 8 nitrogen and oxygen atoms in total. The highest BCUT2D eigenvalue weighted by atomic mass is 16.5. The summed E-state index contributed by atoms with van der Waals surface area (Å²) in [5.41, 5.74) is 1.89. The average molecular weight is 386 g/mol. The Labute approximate surface area is 164 Å². The van der Waals surface area contributed by atoms with Crippen LogP contribution in [0.4, 0.5) is 11.4 Å². The number of nitrogens with zero attached hydrogens (tertiary/aromatic N) is 4. The van der Waals surface area contributed by atoms with E-state index in [4.69, 9.17) is 4.74 Å². The number of piperazine rings is 1. The van der Waals surface area contributed by atoms with Gasteiger partial charge >= 0.3 is 0 Å². The topological polar surface area (TPSA) is 73.4 Å². The van der Waals surface area contributed by atoms with Gasteiger partial charge in [-0.1, -0.05) is 12.1 Å². The number of hydrogen-bond donors (Lipinski definition) is 0. The minimum Gasteiger partial charge on any atom is -0.378 e. The highest BCUT2D eigenvalue weighted by Gasteiger charge is 2.38. The second-order valence-corrected chi connectivity index (χ2v) is 7.46. The van der Waals surface area contributed by atoms with Crippen molar-refractivity contribution in [3.05, 3.63) is 24.3 Å². The van der Waals surface area contributed by atoms with E-state index in [1.165, 1.54) is 0 Å². The van der Waals surface area contributed by atoms with E-state index in [2.05, 4.69) is 4.90 Å². The van der Waals surface area contributed by atoms with Crippen molar-refractivity contribution in [1.29, 1.82) is 0 Å². The SMILES string of the molecule is O=CN1CCN(C(=O)C2CC(=O)N(c3ccccc3N3CCOCC3)C2)CC1. The van der Waals surface area contributed by atoms with E-state index in [-0.39, 0.29) is 24.2 Å². The molecule has 28 heavy (non-hydrogen) atoms. The van der Waals surface area contributed by atoms with Gasteiger partial charge in [0, 0.05) is 52.2 Å². The van der Waals surface area contributed by atoms with E-state index < -0.39 is 0 Å². The lowest BCUT2D eigenvalue weighted by atomic mass is 10.1. The molecule has 3 saturated heterocycles. The Morgan fingerprint density at radius 2 is 1.68 bits per heavy atom. The van der Waals surface area contributed by atoms with Gasteiger partial charge in [0.25, 0.3) is 0 Å². The highest BCUT2D eigenvalue weighted by molar-refractivity contribution is 6.02. The molecule has 3 aliphatic rings. The van der Waals surface area contributed by atoms with Crippen LogP contribution >= 0.6 is 0 Å². The molecule has 3 aliphatic heterocycles. The fraction of sp³-hybridized carbons (Fsp3) is 0.550. The third-order valence-electron chi connectivity index (χ3n) is 5.77. The fourth-order valence-electron chi connectivity index (χ4n) is 4.18. The highest BCUT2D eigenvalue weighted by Crippen LogP contribution is 2.34. The summed E-state index contributed by atoms with van der Waals surface area (Å²) in [6, 6.07) is 7.89. The Bertz CT molecular complexity index is 741. The van der Waals surface area contributed by atoms with Crippen LogP contribution in [0.25, 0.3) is 0 Å². The molecular weight excluding hydrogens is 360 g/mol. The molecule has 0 aromatic heterocycles. The Morgan fingerprint density at radius 1 is 1.00 bits per heavy atom. The predicted octanol–water partition coefficient (Wildman–Crippen LogP) is 0.177. The van der Waals surface area contributed by atoms with Crippen LogP contribution in [-0.4, -0.2) is 87.1 Å². The summed E-state index contributed by atoms with van der Waals surface area (Å²) >= 11 is 0. The van der Waals surface area contributed by atoms with Crippen LogP contribution in [0, 0.1) is 5.92 Å². The maximum atomic E-state index is 12.9. The quantitative estimate of drug-likeness (QED) is 0.690. The van der Waals surface area contributed by atoms with Gasteiger partial charge in [0.05, 0.1) is 30.5 Å². The Hall–Kier alpha value is -2.61. The van der Waals surface area contributed by atoms with Crippen molar-refractivity contribution >= 4 is 29.6 Å². The first-order chi connectivity index (χ1) is 13.7. The van der Waals surface area contributed by atoms with Crippen molar-refractivity contribution in [3.63, 3.8) is 0 Å². The first-order valence-corrected chi connectivity index (χ1v) is 9.87. The van der Waals surface area contributed by atoms with Crippen molar-refractivity contribution in [1.82, 2.24) is 9.80 Å². The van der Waals surface area contributed by atoms with Gasteiger partial charge in [-0.05, 0) is 12.1 Å². The van der Waals surface area contributed by atoms with E-state index >= 15 is 0 Å². The standard InChI is InChI=1S/C20H26N4O4/c25-15-21-5-7-23(8-6-21)20(27)16-13-19(26)24(14-16)18-4-2-1-3-17(18)22-9-11-28-12-10-22/h1-4,15-16H,5-14H2. The zero-order valence-electron chi connectivity index (χ0n) is 16.0. The molecule has 0 N–H and O–H groups in total. The lowest BCUT2D eigenvalue weighted by Crippen LogP contribution is -2.50. The summed E-state index contributed by atoms with van der Waals surface area (Å²) in [7, 11) is 0. The average Bonchev–Trinajstić information content (AvgIpc) is 3.15. The molecule has 0 aliphatic carbocycles. The number of carbonyl (C=O) groups is 3. The molecule has 0 spiro atoms. The van der Waals surface area contributed by atoms with Crippen LogP contribution in [0.15, 0.2) is 24.3 Å². The molecule has 3 amide bonds. The maximum absolute atomic E-state index is 12.9. The largest absolute Gasteiger partial charge is 0.378 e. The molecule has 150 valence electrons. The van der Waals surface area contributed by atoms with Crippen LogP contribution in [-0.2, 0) is 19.1 Å². The van der Waals surface area contributed by atoms with Crippen LogP contribution in [0.3, 0.4) is 0 Å². The molecule has 8 heteroatoms. The van der Waals surface area contributed by atoms with Crippen LogP contribution in [0.5, 0.6) is 0 Å². The van der Waals surface area contributed by atoms with Gasteiger partial charge in [-0.25, -0.2) is 0 Å². The van der Waals surface area contributed by atoms with E-state index in [0.717, 1.165) is 30.9 Å². The molecule has 1 aromatic carbocycles. The molecule has 1 aromatic rings. The first kappa shape index (κ1) is 18.7. The molecule has 1 atom stereocenters. The van der Waals surface area contributed by atoms with Crippen molar-refractivity contribution in [3.8, 4) is 0 Å². The second-order valence-electron chi connectivity index (χ2n) is 7.46. The van der Waals surface area contributed by atoms with Crippen molar-refractivity contribution in [2.45, 2.75) is 6.42 Å². The van der Waals surface area contributed by atoms with Crippen LogP contribution < -0.4 is 9.80 Å². The molecule has 3 fully saturated rings. The molecule has 1 unspecified atom stereocenters. The fourth-order valence-corrected chi connectivity index (χ4v) is 4.18. The van der Waals surface area contributed by atoms with Gasteiger partial charge in [-0.15, -0.1) is 0 Å². The first-order valence-electron chi connectivity index (χ1n) is 9.87. The van der Waals surface area contributed by atoms with Gasteiger partial charge in [0.2, 0.25) is 18.2 Å². The summed E-state index contributed by atoms with van der Waals surface area (Å²) in [6.45, 7) is 5.53. The molecule has 0 bridgehead atoms. The van der Waals surface area contributed by atoms with Gasteiger partial charge in [0.15, 0.2) is 0 Å². The van der Waals surface area contributed by atoms with Crippen LogP contribution in [0.2, 0.25) is 0 Å². The second kappa shape index (κ2) is 8.18. The van der Waals surface area contributed by atoms with Gasteiger partial charge in [0.1, 0.15) is 0 Å². The number of anilines is 2. The van der Waals surface area contributed by atoms with E-state index in [1.54, 1.807) is 14.7 Å². The van der Waals surface area contributed by atoms with E-state index in [9.17, 15) is 14.4 Å². The maximum Gasteiger partial charge on any atom is 0.228 e. The number of rotatable bonds is 4. The summed E-state index contributed by atoms with van der Waals surface area (Å²) in [4.78, 5) is 44.0. The Kier molecular flexibility index (Phi) is 5.47. The lowest BCUT2D eigenvalue weighted by molar-refractivity contribution is -0.139. The normalized spacial score (nSPS) is 23.3. The monoisotopic (exact) mass is 386 g/mol. The molecule has 3 heterocycles. The zero-order valence-corrected chi connectivity index (χ0v) is 16.0. The number of hydrogen-bond acceptors (Lipinski definition) is 5. The van der Waals surface area contributed by atoms with E-state index in [1.807, 2.05) is 24.3 Å². The lowest BCUT2D eigenvalue weighted by Gasteiger charge is -2.34. The molecule has 4 rings (SSSR count). The zero-order chi connectivity index (χ0) is 19.5. The minimum absolute atomic E-state index is 0.00872. The number of benzene rings is 1. The molecular formula is C20H26N4O4. The van der Waals surface area contributed by atoms with Gasteiger partial charge in [-0.2, -0.15) is 0 Å². The number of amides is 3. The van der Waals surface area contributed by atoms with Gasteiger partial charge < -0.3 is 24.3 Å². The molecule has 0 radical (unpaired) electrons. The third kappa shape index (κ3) is 3.69. The predicted molar refractivity (Wildman–Crippen MR) is 104 cm³/mol. The molecule has 0 saturated carbocycles. The number of carbonyl (C=O) groups excluding carboxylic acids is 3. The smallest absolute Gasteiger partial charge is 0.228 e. The minimum atomic E-state index is -0.326. The van der Waals surface area contributed by atoms with Crippen molar-refractivity contribution in [2.75, 3.05) is 68.8 Å². The summed E-state index contributed by atoms with van der Waals surface area (Å²) in [5, 5.41) is 0. The number of morpholine rings is 1. The van der Waals surface area contributed by atoms with Gasteiger partial charge in [-0.3, -0.25) is 14.4 Å². The summed E-state index contributed by atoms with van der Waals surface area (Å²) < 4.78 is 5.44. The summed E-state index contributed by atoms with van der Waals surface area (Å²) in [5.74, 6) is -0.316. The number of ether oxygens (including phenoxy) is 1. The van der Waals surface area contributed by atoms with Crippen molar-refractivity contribution < 1.29 is 19.1 Å². The van der Waals surface area contributed by atoms with Crippen LogP contribution in [0.1, 0.15) is 6.42 Å². The number of para-hydroxylation sites is 2. The summed E-state index contributed by atoms with van der Waals surface area (Å²) in [6.07, 6.45) is 1.06. The third-order valence-corrected chi connectivity index (χ3v) is 5.77. The van der Waals surface area contributed by atoms with Crippen molar-refractivity contribution in [2.24, 2.45) is 5.92 Å².